The normalized spacial score (nSPS) is 16.2. The zero-order chi connectivity index (χ0) is 8.81. The third-order valence-corrected chi connectivity index (χ3v) is 1.55. The molecule has 0 spiro atoms. The van der Waals surface area contributed by atoms with E-state index in [1.165, 1.54) is 0 Å². The van der Waals surface area contributed by atoms with Gasteiger partial charge in [-0.25, -0.2) is 5.43 Å². The zero-order valence-corrected chi connectivity index (χ0v) is 7.08. The predicted octanol–water partition coefficient (Wildman–Crippen LogP) is 1.38. The lowest BCUT2D eigenvalue weighted by molar-refractivity contribution is -0.117. The van der Waals surface area contributed by atoms with E-state index in [1.807, 2.05) is 18.2 Å². The largest absolute Gasteiger partial charge is 0.271 e. The molecule has 1 rings (SSSR count). The highest BCUT2D eigenvalue weighted by Gasteiger charge is 2.05. The van der Waals surface area contributed by atoms with Crippen molar-refractivity contribution in [1.82, 2.24) is 5.43 Å². The molecule has 12 heavy (non-hydrogen) atoms. The van der Waals surface area contributed by atoms with Gasteiger partial charge in [0.05, 0.1) is 0 Å². The molecule has 0 unspecified atom stereocenters. The standard InChI is InChI=1S/C9H12N2O/c1-2-10-11-9(12)8-6-4-3-5-7-8/h2,4,6-7H,3,5H2,1H3,(H,11,12)/b10-2+. The zero-order valence-electron chi connectivity index (χ0n) is 7.08. The fraction of sp³-hybridized carbons (Fsp3) is 0.333. The lowest BCUT2D eigenvalue weighted by atomic mass is 10.1. The molecule has 0 aliphatic heterocycles. The van der Waals surface area contributed by atoms with E-state index in [0.29, 0.717) is 5.57 Å². The van der Waals surface area contributed by atoms with Crippen molar-refractivity contribution in [2.24, 2.45) is 5.10 Å². The van der Waals surface area contributed by atoms with Gasteiger partial charge in [-0.1, -0.05) is 18.2 Å². The third-order valence-electron chi connectivity index (χ3n) is 1.55. The smallest absolute Gasteiger partial charge is 0.267 e. The Labute approximate surface area is 71.9 Å². The van der Waals surface area contributed by atoms with Crippen molar-refractivity contribution >= 4 is 12.1 Å². The van der Waals surface area contributed by atoms with Gasteiger partial charge in [0.25, 0.3) is 5.91 Å². The quantitative estimate of drug-likeness (QED) is 0.486. The van der Waals surface area contributed by atoms with E-state index in [4.69, 9.17) is 0 Å². The van der Waals surface area contributed by atoms with Crippen molar-refractivity contribution in [3.8, 4) is 0 Å². The second-order valence-electron chi connectivity index (χ2n) is 2.47. The summed E-state index contributed by atoms with van der Waals surface area (Å²) in [6.07, 6.45) is 9.24. The maximum atomic E-state index is 11.2. The van der Waals surface area contributed by atoms with Crippen LogP contribution in [0.1, 0.15) is 19.8 Å². The van der Waals surface area contributed by atoms with Crippen molar-refractivity contribution in [3.63, 3.8) is 0 Å². The second kappa shape index (κ2) is 4.49. The van der Waals surface area contributed by atoms with Gasteiger partial charge in [0, 0.05) is 11.8 Å². The Morgan fingerprint density at radius 2 is 2.50 bits per heavy atom. The second-order valence-corrected chi connectivity index (χ2v) is 2.47. The Balaban J connectivity index is 2.52. The maximum Gasteiger partial charge on any atom is 0.271 e. The van der Waals surface area contributed by atoms with Crippen molar-refractivity contribution in [1.29, 1.82) is 0 Å². The molecule has 0 radical (unpaired) electrons. The summed E-state index contributed by atoms with van der Waals surface area (Å²) in [6.45, 7) is 1.76. The molecule has 0 aromatic rings. The molecule has 64 valence electrons. The first-order valence-electron chi connectivity index (χ1n) is 3.99. The van der Waals surface area contributed by atoms with Crippen LogP contribution in [0.4, 0.5) is 0 Å². The van der Waals surface area contributed by atoms with Gasteiger partial charge < -0.3 is 0 Å². The minimum atomic E-state index is -0.135. The predicted molar refractivity (Wildman–Crippen MR) is 48.8 cm³/mol. The van der Waals surface area contributed by atoms with Crippen LogP contribution in [0.3, 0.4) is 0 Å². The van der Waals surface area contributed by atoms with Crippen molar-refractivity contribution in [2.75, 3.05) is 0 Å². The molecular weight excluding hydrogens is 152 g/mol. The number of nitrogens with zero attached hydrogens (tertiary/aromatic N) is 1. The van der Waals surface area contributed by atoms with Crippen LogP contribution in [0.25, 0.3) is 0 Å². The van der Waals surface area contributed by atoms with Gasteiger partial charge in [0.15, 0.2) is 0 Å². The first kappa shape index (κ1) is 8.71. The molecule has 1 aliphatic carbocycles. The average Bonchev–Trinajstić information content (AvgIpc) is 2.15. The number of rotatable bonds is 2. The third kappa shape index (κ3) is 2.34. The maximum absolute atomic E-state index is 11.2. The first-order chi connectivity index (χ1) is 5.84. The summed E-state index contributed by atoms with van der Waals surface area (Å²) in [7, 11) is 0. The monoisotopic (exact) mass is 164 g/mol. The van der Waals surface area contributed by atoms with Crippen molar-refractivity contribution < 1.29 is 4.79 Å². The highest BCUT2D eigenvalue weighted by molar-refractivity contribution is 5.96. The molecule has 1 N–H and O–H groups in total. The van der Waals surface area contributed by atoms with E-state index >= 15 is 0 Å². The van der Waals surface area contributed by atoms with Crippen LogP contribution >= 0.6 is 0 Å². The number of nitrogens with one attached hydrogen (secondary N) is 1. The van der Waals surface area contributed by atoms with E-state index in [0.717, 1.165) is 12.8 Å². The molecule has 0 saturated carbocycles. The summed E-state index contributed by atoms with van der Waals surface area (Å²) >= 11 is 0. The number of carbonyl (C=O) groups excluding carboxylic acids is 1. The minimum Gasteiger partial charge on any atom is -0.267 e. The summed E-state index contributed by atoms with van der Waals surface area (Å²) in [6, 6.07) is 0. The molecule has 0 atom stereocenters. The fourth-order valence-electron chi connectivity index (χ4n) is 0.970. The highest BCUT2D eigenvalue weighted by atomic mass is 16.2. The number of hydrogen-bond acceptors (Lipinski definition) is 2. The molecule has 0 fully saturated rings. The lowest BCUT2D eigenvalue weighted by Crippen LogP contribution is -2.19. The molecule has 3 heteroatoms. The SMILES string of the molecule is C/C=N/NC(=O)C1=CCCC=C1. The Kier molecular flexibility index (Phi) is 3.26. The van der Waals surface area contributed by atoms with Gasteiger partial charge in [-0.05, 0) is 19.8 Å². The van der Waals surface area contributed by atoms with Gasteiger partial charge in [-0.15, -0.1) is 0 Å². The number of hydrogen-bond donors (Lipinski definition) is 1. The molecule has 0 bridgehead atoms. The van der Waals surface area contributed by atoms with E-state index in [-0.39, 0.29) is 5.91 Å². The van der Waals surface area contributed by atoms with E-state index in [9.17, 15) is 4.79 Å². The average molecular weight is 164 g/mol. The van der Waals surface area contributed by atoms with Crippen LogP contribution in [0.15, 0.2) is 28.9 Å². The van der Waals surface area contributed by atoms with Crippen LogP contribution in [-0.4, -0.2) is 12.1 Å². The number of allylic oxidation sites excluding steroid dienone is 2. The first-order valence-corrected chi connectivity index (χ1v) is 3.99. The molecule has 0 aromatic carbocycles. The molecule has 0 heterocycles. The minimum absolute atomic E-state index is 0.135. The Morgan fingerprint density at radius 1 is 1.67 bits per heavy atom. The molecular formula is C9H12N2O. The van der Waals surface area contributed by atoms with Crippen molar-refractivity contribution in [3.05, 3.63) is 23.8 Å². The van der Waals surface area contributed by atoms with Gasteiger partial charge in [-0.3, -0.25) is 4.79 Å². The Hall–Kier alpha value is -1.38. The van der Waals surface area contributed by atoms with Crippen LogP contribution in [0.5, 0.6) is 0 Å². The summed E-state index contributed by atoms with van der Waals surface area (Å²) < 4.78 is 0. The van der Waals surface area contributed by atoms with Crippen molar-refractivity contribution in [2.45, 2.75) is 19.8 Å². The lowest BCUT2D eigenvalue weighted by Gasteiger charge is -2.03. The van der Waals surface area contributed by atoms with E-state index in [1.54, 1.807) is 13.1 Å². The summed E-state index contributed by atoms with van der Waals surface area (Å²) in [4.78, 5) is 11.2. The number of hydrazone groups is 1. The topological polar surface area (TPSA) is 41.5 Å². The van der Waals surface area contributed by atoms with Gasteiger partial charge >= 0.3 is 0 Å². The van der Waals surface area contributed by atoms with Gasteiger partial charge in [-0.2, -0.15) is 5.10 Å². The Morgan fingerprint density at radius 3 is 3.08 bits per heavy atom. The summed E-state index contributed by atoms with van der Waals surface area (Å²) in [5.41, 5.74) is 3.11. The van der Waals surface area contributed by atoms with Gasteiger partial charge in [0.1, 0.15) is 0 Å². The molecule has 1 aliphatic rings. The van der Waals surface area contributed by atoms with E-state index in [2.05, 4.69) is 10.5 Å². The molecule has 3 nitrogen and oxygen atoms in total. The van der Waals surface area contributed by atoms with Gasteiger partial charge in [0.2, 0.25) is 0 Å². The summed E-state index contributed by atoms with van der Waals surface area (Å²) in [5, 5.41) is 3.65. The van der Waals surface area contributed by atoms with E-state index < -0.39 is 0 Å². The molecule has 0 saturated heterocycles. The van der Waals surface area contributed by atoms with Crippen LogP contribution in [0.2, 0.25) is 0 Å². The summed E-state index contributed by atoms with van der Waals surface area (Å²) in [5.74, 6) is -0.135. The molecule has 0 aromatic heterocycles. The fourth-order valence-corrected chi connectivity index (χ4v) is 0.970. The van der Waals surface area contributed by atoms with Crippen LogP contribution in [0, 0.1) is 0 Å². The number of carbonyl (C=O) groups is 1. The molecule has 1 amide bonds. The Bertz CT molecular complexity index is 251. The van der Waals surface area contributed by atoms with Crippen LogP contribution < -0.4 is 5.43 Å². The van der Waals surface area contributed by atoms with Crippen LogP contribution in [-0.2, 0) is 4.79 Å². The number of amides is 1. The highest BCUT2D eigenvalue weighted by Crippen LogP contribution is 2.08.